The van der Waals surface area contributed by atoms with Crippen LogP contribution in [0.5, 0.6) is 0 Å². The molecule has 0 bridgehead atoms. The molecule has 1 aromatic heterocycles. The highest BCUT2D eigenvalue weighted by atomic mass is 35.5. The second-order valence-corrected chi connectivity index (χ2v) is 8.33. The van der Waals surface area contributed by atoms with Crippen molar-refractivity contribution in [1.29, 1.82) is 0 Å². The van der Waals surface area contributed by atoms with Gasteiger partial charge in [-0.3, -0.25) is 4.90 Å². The van der Waals surface area contributed by atoms with Gasteiger partial charge in [0.15, 0.2) is 0 Å². The molecule has 2 aromatic carbocycles. The summed E-state index contributed by atoms with van der Waals surface area (Å²) in [7, 11) is 0. The average molecular weight is 365 g/mol. The summed E-state index contributed by atoms with van der Waals surface area (Å²) >= 11 is 6.23. The second-order valence-electron chi connectivity index (χ2n) is 7.90. The zero-order valence-electron chi connectivity index (χ0n) is 15.3. The summed E-state index contributed by atoms with van der Waals surface area (Å²) in [5.41, 5.74) is 7.34. The van der Waals surface area contributed by atoms with Gasteiger partial charge in [-0.05, 0) is 68.0 Å². The van der Waals surface area contributed by atoms with E-state index in [9.17, 15) is 0 Å². The maximum Gasteiger partial charge on any atom is 0.0507 e. The third-order valence-electron chi connectivity index (χ3n) is 6.13. The fraction of sp³-hybridized carbons (Fsp3) is 0.391. The largest absolute Gasteiger partial charge is 0.343 e. The molecule has 0 saturated carbocycles. The van der Waals surface area contributed by atoms with Crippen molar-refractivity contribution in [1.82, 2.24) is 9.47 Å². The summed E-state index contributed by atoms with van der Waals surface area (Å²) in [6, 6.07) is 15.9. The standard InChI is InChI=1S/C23H25ClN2/c1-16-9-10-21-20(13-16)19-7-3-8-22-23(19)26(21)12-4-11-25(22)15-17-5-2-6-18(24)14-17/h2,5-6,9-10,13-14,22H,3-4,7-8,11-12,15H2,1H3/t22-/m1/s1. The molecule has 1 aliphatic carbocycles. The molecule has 2 nitrogen and oxygen atoms in total. The molecular weight excluding hydrogens is 340 g/mol. The molecule has 0 spiro atoms. The van der Waals surface area contributed by atoms with E-state index < -0.39 is 0 Å². The zero-order valence-corrected chi connectivity index (χ0v) is 16.1. The monoisotopic (exact) mass is 364 g/mol. The number of rotatable bonds is 2. The molecule has 0 N–H and O–H groups in total. The van der Waals surface area contributed by atoms with Gasteiger partial charge in [-0.15, -0.1) is 0 Å². The Morgan fingerprint density at radius 1 is 1.08 bits per heavy atom. The van der Waals surface area contributed by atoms with E-state index in [0.717, 1.165) is 24.7 Å². The number of nitrogens with zero attached hydrogens (tertiary/aromatic N) is 2. The third-order valence-corrected chi connectivity index (χ3v) is 6.37. The summed E-state index contributed by atoms with van der Waals surface area (Å²) < 4.78 is 2.63. The van der Waals surface area contributed by atoms with E-state index in [-0.39, 0.29) is 0 Å². The van der Waals surface area contributed by atoms with Gasteiger partial charge < -0.3 is 4.57 Å². The first-order chi connectivity index (χ1) is 12.7. The number of hydrogen-bond donors (Lipinski definition) is 0. The molecule has 0 saturated heterocycles. The lowest BCUT2D eigenvalue weighted by Crippen LogP contribution is -2.31. The van der Waals surface area contributed by atoms with E-state index in [4.69, 9.17) is 11.6 Å². The minimum absolute atomic E-state index is 0.535. The van der Waals surface area contributed by atoms with Crippen LogP contribution in [0.1, 0.15) is 47.7 Å². The smallest absolute Gasteiger partial charge is 0.0507 e. The lowest BCUT2D eigenvalue weighted by Gasteiger charge is -2.33. The predicted octanol–water partition coefficient (Wildman–Crippen LogP) is 5.89. The average Bonchev–Trinajstić information content (AvgIpc) is 2.82. The van der Waals surface area contributed by atoms with Gasteiger partial charge in [0.05, 0.1) is 6.04 Å². The van der Waals surface area contributed by atoms with Crippen molar-refractivity contribution in [3.8, 4) is 0 Å². The molecule has 134 valence electrons. The Morgan fingerprint density at radius 3 is 2.88 bits per heavy atom. The number of aromatic nitrogens is 1. The Hall–Kier alpha value is -1.77. The number of aryl methyl sites for hydroxylation is 3. The normalized spacial score (nSPS) is 20.2. The van der Waals surface area contributed by atoms with Crippen LogP contribution in [0.15, 0.2) is 42.5 Å². The Bertz CT molecular complexity index is 968. The SMILES string of the molecule is Cc1ccc2c(c1)c1c3n2CCCN(Cc2cccc(Cl)c2)[C@@H]3CCC1. The Balaban J connectivity index is 1.60. The molecule has 0 unspecified atom stereocenters. The summed E-state index contributed by atoms with van der Waals surface area (Å²) in [5.74, 6) is 0. The number of fused-ring (bicyclic) bond motifs is 3. The zero-order chi connectivity index (χ0) is 17.7. The van der Waals surface area contributed by atoms with E-state index in [2.05, 4.69) is 52.8 Å². The van der Waals surface area contributed by atoms with Crippen LogP contribution in [0.2, 0.25) is 5.02 Å². The van der Waals surface area contributed by atoms with Gasteiger partial charge >= 0.3 is 0 Å². The number of hydrogen-bond acceptors (Lipinski definition) is 1. The van der Waals surface area contributed by atoms with Crippen LogP contribution in [0.3, 0.4) is 0 Å². The van der Waals surface area contributed by atoms with Gasteiger partial charge in [0.25, 0.3) is 0 Å². The summed E-state index contributed by atoms with van der Waals surface area (Å²) in [6.07, 6.45) is 4.99. The Morgan fingerprint density at radius 2 is 2.00 bits per heavy atom. The van der Waals surface area contributed by atoms with Crippen LogP contribution in [-0.4, -0.2) is 16.0 Å². The minimum atomic E-state index is 0.535. The quantitative estimate of drug-likeness (QED) is 0.550. The van der Waals surface area contributed by atoms with Crippen LogP contribution in [0.4, 0.5) is 0 Å². The van der Waals surface area contributed by atoms with Crippen molar-refractivity contribution in [2.75, 3.05) is 6.54 Å². The van der Waals surface area contributed by atoms with Gasteiger partial charge in [-0.2, -0.15) is 0 Å². The van der Waals surface area contributed by atoms with Crippen LogP contribution in [0.25, 0.3) is 10.9 Å². The minimum Gasteiger partial charge on any atom is -0.343 e. The second kappa shape index (κ2) is 6.44. The van der Waals surface area contributed by atoms with Gasteiger partial charge in [-0.1, -0.05) is 35.4 Å². The first-order valence-corrected chi connectivity index (χ1v) is 10.2. The molecule has 1 atom stereocenters. The molecule has 2 heterocycles. The third kappa shape index (κ3) is 2.67. The van der Waals surface area contributed by atoms with Gasteiger partial charge in [0.2, 0.25) is 0 Å². The molecule has 0 fully saturated rings. The highest BCUT2D eigenvalue weighted by Crippen LogP contribution is 2.42. The molecule has 2 aliphatic rings. The molecule has 5 rings (SSSR count). The molecule has 1 aliphatic heterocycles. The van der Waals surface area contributed by atoms with Gasteiger partial charge in [-0.25, -0.2) is 0 Å². The number of halogens is 1. The molecule has 26 heavy (non-hydrogen) atoms. The fourth-order valence-electron chi connectivity index (χ4n) is 5.05. The van der Waals surface area contributed by atoms with E-state index in [1.807, 2.05) is 6.07 Å². The van der Waals surface area contributed by atoms with Crippen LogP contribution < -0.4 is 0 Å². The Labute approximate surface area is 160 Å². The molecular formula is C23H25ClN2. The molecule has 0 amide bonds. The van der Waals surface area contributed by atoms with Gasteiger partial charge in [0.1, 0.15) is 0 Å². The van der Waals surface area contributed by atoms with Crippen molar-refractivity contribution in [3.63, 3.8) is 0 Å². The van der Waals surface area contributed by atoms with Crippen LogP contribution in [0, 0.1) is 6.92 Å². The lowest BCUT2D eigenvalue weighted by atomic mass is 9.90. The first kappa shape index (κ1) is 16.4. The van der Waals surface area contributed by atoms with Crippen molar-refractivity contribution in [2.24, 2.45) is 0 Å². The highest BCUT2D eigenvalue weighted by Gasteiger charge is 2.33. The van der Waals surface area contributed by atoms with Crippen molar-refractivity contribution < 1.29 is 0 Å². The molecule has 3 heteroatoms. The van der Waals surface area contributed by atoms with E-state index in [0.29, 0.717) is 6.04 Å². The Kier molecular flexibility index (Phi) is 4.06. The summed E-state index contributed by atoms with van der Waals surface area (Å²) in [5, 5.41) is 2.33. The number of benzene rings is 2. The van der Waals surface area contributed by atoms with Crippen LogP contribution >= 0.6 is 11.6 Å². The highest BCUT2D eigenvalue weighted by molar-refractivity contribution is 6.30. The predicted molar refractivity (Wildman–Crippen MR) is 109 cm³/mol. The van der Waals surface area contributed by atoms with Crippen molar-refractivity contribution >= 4 is 22.5 Å². The van der Waals surface area contributed by atoms with Gasteiger partial charge in [0, 0.05) is 41.3 Å². The van der Waals surface area contributed by atoms with Crippen molar-refractivity contribution in [2.45, 2.75) is 51.7 Å². The maximum atomic E-state index is 6.23. The topological polar surface area (TPSA) is 8.17 Å². The molecule has 3 aromatic rings. The van der Waals surface area contributed by atoms with E-state index in [1.54, 1.807) is 11.3 Å². The maximum absolute atomic E-state index is 6.23. The first-order valence-electron chi connectivity index (χ1n) is 9.81. The van der Waals surface area contributed by atoms with E-state index >= 15 is 0 Å². The van der Waals surface area contributed by atoms with Crippen molar-refractivity contribution in [3.05, 3.63) is 69.9 Å². The fourth-order valence-corrected chi connectivity index (χ4v) is 5.27. The van der Waals surface area contributed by atoms with Crippen LogP contribution in [-0.2, 0) is 19.5 Å². The lowest BCUT2D eigenvalue weighted by molar-refractivity contribution is 0.173. The van der Waals surface area contributed by atoms with E-state index in [1.165, 1.54) is 47.7 Å². The summed E-state index contributed by atoms with van der Waals surface area (Å²) in [4.78, 5) is 2.69. The summed E-state index contributed by atoms with van der Waals surface area (Å²) in [6.45, 7) is 5.50. The molecule has 0 radical (unpaired) electrons.